The van der Waals surface area contributed by atoms with Gasteiger partial charge in [0.2, 0.25) is 5.78 Å². The van der Waals surface area contributed by atoms with Crippen LogP contribution in [0.15, 0.2) is 66.4 Å². The molecule has 0 aliphatic carbocycles. The van der Waals surface area contributed by atoms with E-state index in [-0.39, 0.29) is 18.2 Å². The topological polar surface area (TPSA) is 35.5 Å². The maximum absolute atomic E-state index is 13.8. The number of aryl methyl sites for hydroxylation is 1. The quantitative estimate of drug-likeness (QED) is 0.555. The number of ketones is 1. The molecule has 3 aromatic carbocycles. The van der Waals surface area contributed by atoms with Crippen LogP contribution in [0.2, 0.25) is 0 Å². The first-order chi connectivity index (χ1) is 13.5. The van der Waals surface area contributed by atoms with Gasteiger partial charge in [0.15, 0.2) is 5.76 Å². The molecule has 0 bridgehead atoms. The highest BCUT2D eigenvalue weighted by Gasteiger charge is 2.30. The molecule has 3 aromatic rings. The van der Waals surface area contributed by atoms with Crippen LogP contribution >= 0.6 is 0 Å². The van der Waals surface area contributed by atoms with Crippen LogP contribution in [0.3, 0.4) is 0 Å². The van der Waals surface area contributed by atoms with E-state index >= 15 is 0 Å². The second-order valence-corrected chi connectivity index (χ2v) is 6.74. The molecule has 3 nitrogen and oxygen atoms in total. The number of rotatable bonds is 4. The van der Waals surface area contributed by atoms with Crippen molar-refractivity contribution >= 4 is 11.9 Å². The Bertz CT molecular complexity index is 1100. The van der Waals surface area contributed by atoms with Crippen LogP contribution in [0.25, 0.3) is 6.08 Å². The van der Waals surface area contributed by atoms with Crippen LogP contribution in [0.4, 0.5) is 4.39 Å². The van der Waals surface area contributed by atoms with Crippen molar-refractivity contribution in [3.8, 4) is 11.5 Å². The average molecular weight is 374 g/mol. The fourth-order valence-corrected chi connectivity index (χ4v) is 3.19. The lowest BCUT2D eigenvalue weighted by atomic mass is 10.0. The summed E-state index contributed by atoms with van der Waals surface area (Å²) in [4.78, 5) is 12.7. The maximum Gasteiger partial charge on any atom is 0.231 e. The van der Waals surface area contributed by atoms with Gasteiger partial charge in [0.05, 0.1) is 5.56 Å². The number of benzene rings is 3. The molecule has 28 heavy (non-hydrogen) atoms. The van der Waals surface area contributed by atoms with Gasteiger partial charge in [-0.1, -0.05) is 42.5 Å². The van der Waals surface area contributed by atoms with Gasteiger partial charge in [-0.2, -0.15) is 0 Å². The predicted molar refractivity (Wildman–Crippen MR) is 106 cm³/mol. The van der Waals surface area contributed by atoms with Crippen molar-refractivity contribution in [2.24, 2.45) is 0 Å². The first-order valence-corrected chi connectivity index (χ1v) is 9.04. The van der Waals surface area contributed by atoms with E-state index < -0.39 is 0 Å². The normalized spacial score (nSPS) is 14.1. The zero-order chi connectivity index (χ0) is 19.7. The number of halogens is 1. The maximum atomic E-state index is 13.8. The van der Waals surface area contributed by atoms with Gasteiger partial charge in [-0.3, -0.25) is 4.79 Å². The van der Waals surface area contributed by atoms with Crippen molar-refractivity contribution in [3.63, 3.8) is 0 Å². The van der Waals surface area contributed by atoms with E-state index in [2.05, 4.69) is 0 Å². The van der Waals surface area contributed by atoms with Crippen LogP contribution in [0.1, 0.15) is 32.6 Å². The van der Waals surface area contributed by atoms with Gasteiger partial charge in [0.1, 0.15) is 23.9 Å². The fraction of sp³-hybridized carbons (Fsp3) is 0.125. The van der Waals surface area contributed by atoms with Crippen molar-refractivity contribution < 1.29 is 18.7 Å². The Kier molecular flexibility index (Phi) is 4.70. The monoisotopic (exact) mass is 374 g/mol. The summed E-state index contributed by atoms with van der Waals surface area (Å²) in [5, 5.41) is 0. The second kappa shape index (κ2) is 7.31. The summed E-state index contributed by atoms with van der Waals surface area (Å²) in [5.74, 6) is 0.889. The highest BCUT2D eigenvalue weighted by atomic mass is 19.1. The molecule has 0 unspecified atom stereocenters. The molecule has 0 spiro atoms. The van der Waals surface area contributed by atoms with Crippen LogP contribution in [-0.2, 0) is 6.61 Å². The van der Waals surface area contributed by atoms with Crippen molar-refractivity contribution in [2.45, 2.75) is 20.5 Å². The lowest BCUT2D eigenvalue weighted by Crippen LogP contribution is -2.00. The van der Waals surface area contributed by atoms with E-state index in [9.17, 15) is 9.18 Å². The minimum Gasteiger partial charge on any atom is -0.488 e. The molecule has 0 saturated heterocycles. The molecule has 1 heterocycles. The zero-order valence-corrected chi connectivity index (χ0v) is 15.7. The standard InChI is InChI=1S/C24H19FO3/c1-15-7-3-4-8-17(15)13-22-23(26)19-11-12-21(16(2)24(19)28-22)27-14-18-9-5-6-10-20(18)25/h3-13H,14H2,1-2H3/b22-13-. The minimum absolute atomic E-state index is 0.103. The summed E-state index contributed by atoms with van der Waals surface area (Å²) < 4.78 is 25.5. The highest BCUT2D eigenvalue weighted by Crippen LogP contribution is 2.39. The third-order valence-corrected chi connectivity index (χ3v) is 4.85. The van der Waals surface area contributed by atoms with Gasteiger partial charge in [-0.25, -0.2) is 4.39 Å². The average Bonchev–Trinajstić information content (AvgIpc) is 3.01. The first kappa shape index (κ1) is 18.0. The van der Waals surface area contributed by atoms with Gasteiger partial charge < -0.3 is 9.47 Å². The molecular weight excluding hydrogens is 355 g/mol. The molecule has 0 atom stereocenters. The predicted octanol–water partition coefficient (Wildman–Crippen LogP) is 5.64. The molecule has 0 fully saturated rings. The molecular formula is C24H19FO3. The Morgan fingerprint density at radius 3 is 2.54 bits per heavy atom. The summed E-state index contributed by atoms with van der Waals surface area (Å²) >= 11 is 0. The number of hydrogen-bond donors (Lipinski definition) is 0. The second-order valence-electron chi connectivity index (χ2n) is 6.74. The van der Waals surface area contributed by atoms with E-state index in [0.717, 1.165) is 16.7 Å². The van der Waals surface area contributed by atoms with E-state index in [1.807, 2.05) is 38.1 Å². The molecule has 140 valence electrons. The lowest BCUT2D eigenvalue weighted by molar-refractivity contribution is 0.101. The molecule has 1 aliphatic rings. The molecule has 0 aromatic heterocycles. The van der Waals surface area contributed by atoms with Crippen LogP contribution in [0.5, 0.6) is 11.5 Å². The molecule has 1 aliphatic heterocycles. The number of carbonyl (C=O) groups excluding carboxylic acids is 1. The van der Waals surface area contributed by atoms with Crippen molar-refractivity contribution in [1.82, 2.24) is 0 Å². The molecule has 0 amide bonds. The van der Waals surface area contributed by atoms with Crippen molar-refractivity contribution in [3.05, 3.63) is 100 Å². The molecule has 4 rings (SSSR count). The van der Waals surface area contributed by atoms with Gasteiger partial charge in [0, 0.05) is 11.1 Å². The fourth-order valence-electron chi connectivity index (χ4n) is 3.19. The van der Waals surface area contributed by atoms with Gasteiger partial charge in [-0.15, -0.1) is 0 Å². The number of allylic oxidation sites excluding steroid dienone is 1. The molecule has 4 heteroatoms. The number of carbonyl (C=O) groups is 1. The largest absolute Gasteiger partial charge is 0.488 e. The molecule has 0 saturated carbocycles. The lowest BCUT2D eigenvalue weighted by Gasteiger charge is -2.12. The van der Waals surface area contributed by atoms with Crippen molar-refractivity contribution in [1.29, 1.82) is 0 Å². The smallest absolute Gasteiger partial charge is 0.231 e. The summed E-state index contributed by atoms with van der Waals surface area (Å²) in [7, 11) is 0. The van der Waals surface area contributed by atoms with Crippen LogP contribution in [-0.4, -0.2) is 5.78 Å². The molecule has 0 N–H and O–H groups in total. The molecule has 0 radical (unpaired) electrons. The van der Waals surface area contributed by atoms with Crippen LogP contribution in [0, 0.1) is 19.7 Å². The van der Waals surface area contributed by atoms with Gasteiger partial charge in [-0.05, 0) is 49.2 Å². The van der Waals surface area contributed by atoms with Gasteiger partial charge in [0.25, 0.3) is 0 Å². The Labute approximate surface area is 163 Å². The summed E-state index contributed by atoms with van der Waals surface area (Å²) in [6.07, 6.45) is 1.76. The Balaban J connectivity index is 1.60. The zero-order valence-electron chi connectivity index (χ0n) is 15.7. The van der Waals surface area contributed by atoms with E-state index in [0.29, 0.717) is 28.4 Å². The summed E-state index contributed by atoms with van der Waals surface area (Å²) in [6.45, 7) is 3.92. The number of ether oxygens (including phenoxy) is 2. The minimum atomic E-state index is -0.309. The van der Waals surface area contributed by atoms with E-state index in [4.69, 9.17) is 9.47 Å². The Morgan fingerprint density at radius 2 is 1.75 bits per heavy atom. The Hall–Kier alpha value is -3.40. The van der Waals surface area contributed by atoms with Crippen molar-refractivity contribution in [2.75, 3.05) is 0 Å². The van der Waals surface area contributed by atoms with E-state index in [1.165, 1.54) is 6.07 Å². The number of fused-ring (bicyclic) bond motifs is 1. The highest BCUT2D eigenvalue weighted by molar-refractivity contribution is 6.15. The van der Waals surface area contributed by atoms with Crippen LogP contribution < -0.4 is 9.47 Å². The SMILES string of the molecule is Cc1ccccc1/C=C1\Oc2c(ccc(OCc3ccccc3F)c2C)C1=O. The number of hydrogen-bond acceptors (Lipinski definition) is 3. The summed E-state index contributed by atoms with van der Waals surface area (Å²) in [5.41, 5.74) is 3.70. The first-order valence-electron chi connectivity index (χ1n) is 9.04. The Morgan fingerprint density at radius 1 is 1.00 bits per heavy atom. The third-order valence-electron chi connectivity index (χ3n) is 4.85. The number of Topliss-reactive ketones (excluding diaryl/α,β-unsaturated/α-hetero) is 1. The summed E-state index contributed by atoms with van der Waals surface area (Å²) in [6, 6.07) is 17.7. The third kappa shape index (κ3) is 3.29. The van der Waals surface area contributed by atoms with Gasteiger partial charge >= 0.3 is 0 Å². The van der Waals surface area contributed by atoms with E-state index in [1.54, 1.807) is 36.4 Å².